The minimum atomic E-state index is -1.04. The van der Waals surface area contributed by atoms with Crippen molar-refractivity contribution < 1.29 is 13.4 Å². The summed E-state index contributed by atoms with van der Waals surface area (Å²) in [7, 11) is -1.04. The lowest BCUT2D eigenvalue weighted by Gasteiger charge is -2.10. The highest BCUT2D eigenvalue weighted by Gasteiger charge is 2.22. The zero-order chi connectivity index (χ0) is 24.2. The van der Waals surface area contributed by atoms with Gasteiger partial charge in [-0.2, -0.15) is 5.10 Å². The normalized spacial score (nSPS) is 14.1. The molecule has 34 heavy (non-hydrogen) atoms. The standard InChI is InChI=1S/C27H28FN3O2S/c1-4-19-7-14-24(25-17-30-31(26(25)15-19)22-10-8-21(28)9-11-22)27(32)29-16-20-5-12-23(13-6-20)34(33)18(2)3/h5-6,8-15,17-18H,4,7,16H2,1-3H3,(H,29,32). The summed E-state index contributed by atoms with van der Waals surface area (Å²) in [6, 6.07) is 13.6. The highest BCUT2D eigenvalue weighted by atomic mass is 32.2. The van der Waals surface area contributed by atoms with Gasteiger partial charge in [-0.25, -0.2) is 9.07 Å². The van der Waals surface area contributed by atoms with E-state index < -0.39 is 10.8 Å². The molecule has 1 aliphatic carbocycles. The van der Waals surface area contributed by atoms with E-state index >= 15 is 0 Å². The van der Waals surface area contributed by atoms with E-state index in [0.29, 0.717) is 18.5 Å². The summed E-state index contributed by atoms with van der Waals surface area (Å²) < 4.78 is 27.4. The van der Waals surface area contributed by atoms with Gasteiger partial charge in [-0.15, -0.1) is 0 Å². The average molecular weight is 478 g/mol. The number of hydrogen-bond donors (Lipinski definition) is 1. The van der Waals surface area contributed by atoms with Gasteiger partial charge in [-0.1, -0.05) is 44.6 Å². The van der Waals surface area contributed by atoms with Gasteiger partial charge in [-0.3, -0.25) is 9.00 Å². The van der Waals surface area contributed by atoms with Gasteiger partial charge < -0.3 is 5.32 Å². The summed E-state index contributed by atoms with van der Waals surface area (Å²) in [5, 5.41) is 7.56. The molecule has 0 fully saturated rings. The van der Waals surface area contributed by atoms with E-state index in [0.717, 1.165) is 33.8 Å². The van der Waals surface area contributed by atoms with Crippen molar-refractivity contribution in [1.29, 1.82) is 0 Å². The van der Waals surface area contributed by atoms with Gasteiger partial charge in [-0.05, 0) is 60.9 Å². The molecule has 176 valence electrons. The van der Waals surface area contributed by atoms with Crippen LogP contribution in [0.2, 0.25) is 0 Å². The monoisotopic (exact) mass is 477 g/mol. The van der Waals surface area contributed by atoms with Crippen molar-refractivity contribution in [2.75, 3.05) is 0 Å². The number of rotatable bonds is 7. The van der Waals surface area contributed by atoms with E-state index in [-0.39, 0.29) is 17.0 Å². The van der Waals surface area contributed by atoms with Gasteiger partial charge >= 0.3 is 0 Å². The van der Waals surface area contributed by atoms with E-state index in [1.54, 1.807) is 23.0 Å². The second-order valence-corrected chi connectivity index (χ2v) is 10.5. The first-order valence-electron chi connectivity index (χ1n) is 11.4. The van der Waals surface area contributed by atoms with E-state index in [1.807, 2.05) is 44.2 Å². The van der Waals surface area contributed by atoms with Crippen LogP contribution in [0.4, 0.5) is 4.39 Å². The molecule has 0 spiro atoms. The number of nitrogens with zero attached hydrogens (tertiary/aromatic N) is 2. The van der Waals surface area contributed by atoms with Crippen LogP contribution in [-0.4, -0.2) is 25.1 Å². The van der Waals surface area contributed by atoms with Crippen LogP contribution in [0.25, 0.3) is 17.3 Å². The van der Waals surface area contributed by atoms with Crippen LogP contribution in [0, 0.1) is 5.82 Å². The maximum atomic E-state index is 13.4. The molecule has 0 aliphatic heterocycles. The van der Waals surface area contributed by atoms with Crippen LogP contribution in [0.5, 0.6) is 0 Å². The third-order valence-electron chi connectivity index (χ3n) is 5.81. The number of carbonyl (C=O) groups excluding carboxylic acids is 1. The Bertz CT molecular complexity index is 1270. The number of allylic oxidation sites excluding steroid dienone is 2. The Morgan fingerprint density at radius 1 is 1.15 bits per heavy atom. The molecule has 5 nitrogen and oxygen atoms in total. The van der Waals surface area contributed by atoms with Gasteiger partial charge in [0, 0.05) is 27.8 Å². The van der Waals surface area contributed by atoms with Crippen LogP contribution in [0.1, 0.15) is 50.4 Å². The highest BCUT2D eigenvalue weighted by Crippen LogP contribution is 2.30. The zero-order valence-corrected chi connectivity index (χ0v) is 20.4. The molecule has 1 aromatic heterocycles. The minimum Gasteiger partial charge on any atom is -0.348 e. The van der Waals surface area contributed by atoms with Crippen molar-refractivity contribution in [3.05, 3.63) is 89.0 Å². The van der Waals surface area contributed by atoms with Crippen molar-refractivity contribution in [3.63, 3.8) is 0 Å². The molecule has 1 aliphatic rings. The number of carbonyl (C=O) groups is 1. The Hall–Kier alpha value is -3.32. The fraction of sp³-hybridized carbons (Fsp3) is 0.259. The third kappa shape index (κ3) is 5.09. The summed E-state index contributed by atoms with van der Waals surface area (Å²) in [5.41, 5.74) is 4.97. The first kappa shape index (κ1) is 23.8. The van der Waals surface area contributed by atoms with E-state index in [9.17, 15) is 13.4 Å². The fourth-order valence-corrected chi connectivity index (χ4v) is 4.79. The number of aromatic nitrogens is 2. The Morgan fingerprint density at radius 3 is 2.50 bits per heavy atom. The molecule has 0 radical (unpaired) electrons. The molecule has 0 saturated carbocycles. The van der Waals surface area contributed by atoms with Crippen LogP contribution >= 0.6 is 0 Å². The van der Waals surface area contributed by atoms with Gasteiger partial charge in [0.05, 0.1) is 28.4 Å². The predicted octanol–water partition coefficient (Wildman–Crippen LogP) is 5.42. The largest absolute Gasteiger partial charge is 0.348 e. The fourth-order valence-electron chi connectivity index (χ4n) is 3.84. The lowest BCUT2D eigenvalue weighted by atomic mass is 10.1. The van der Waals surface area contributed by atoms with Crippen LogP contribution in [0.15, 0.2) is 71.3 Å². The van der Waals surface area contributed by atoms with Crippen molar-refractivity contribution in [1.82, 2.24) is 15.1 Å². The second-order valence-electron chi connectivity index (χ2n) is 8.48. The molecular weight excluding hydrogens is 449 g/mol. The number of hydrogen-bond acceptors (Lipinski definition) is 3. The average Bonchev–Trinajstić information content (AvgIpc) is 3.15. The maximum absolute atomic E-state index is 13.4. The van der Waals surface area contributed by atoms with Crippen LogP contribution in [-0.2, 0) is 22.1 Å². The van der Waals surface area contributed by atoms with Gasteiger partial charge in [0.15, 0.2) is 0 Å². The molecule has 1 N–H and O–H groups in total. The molecule has 1 amide bonds. The number of fused-ring (bicyclic) bond motifs is 1. The van der Waals surface area contributed by atoms with Gasteiger partial charge in [0.2, 0.25) is 0 Å². The Kier molecular flexibility index (Phi) is 7.22. The highest BCUT2D eigenvalue weighted by molar-refractivity contribution is 7.85. The number of nitrogens with one attached hydrogen (secondary N) is 1. The van der Waals surface area contributed by atoms with Gasteiger partial charge in [0.25, 0.3) is 5.91 Å². The van der Waals surface area contributed by atoms with Crippen LogP contribution < -0.4 is 5.32 Å². The molecule has 1 unspecified atom stereocenters. The summed E-state index contributed by atoms with van der Waals surface area (Å²) in [6.07, 6.45) is 7.23. The van der Waals surface area contributed by atoms with Crippen molar-refractivity contribution in [2.45, 2.75) is 50.3 Å². The molecule has 1 heterocycles. The molecule has 1 atom stereocenters. The number of halogens is 1. The smallest absolute Gasteiger partial charge is 0.251 e. The molecule has 2 aromatic carbocycles. The zero-order valence-electron chi connectivity index (χ0n) is 19.5. The first-order chi connectivity index (χ1) is 16.4. The minimum absolute atomic E-state index is 0.0550. The predicted molar refractivity (Wildman–Crippen MR) is 134 cm³/mol. The summed E-state index contributed by atoms with van der Waals surface area (Å²) in [4.78, 5) is 14.0. The molecule has 3 aromatic rings. The Morgan fingerprint density at radius 2 is 1.85 bits per heavy atom. The Balaban J connectivity index is 1.56. The van der Waals surface area contributed by atoms with Gasteiger partial charge in [0.1, 0.15) is 5.82 Å². The molecule has 0 saturated heterocycles. The summed E-state index contributed by atoms with van der Waals surface area (Å²) >= 11 is 0. The van der Waals surface area contributed by atoms with E-state index in [4.69, 9.17) is 0 Å². The summed E-state index contributed by atoms with van der Waals surface area (Å²) in [5.74, 6) is -0.490. The molecule has 0 bridgehead atoms. The van der Waals surface area contributed by atoms with Crippen LogP contribution in [0.3, 0.4) is 0 Å². The first-order valence-corrected chi connectivity index (χ1v) is 12.6. The molecule has 7 heteroatoms. The molecular formula is C27H28FN3O2S. The van der Waals surface area contributed by atoms with E-state index in [1.165, 1.54) is 17.7 Å². The second kappa shape index (κ2) is 10.3. The number of benzene rings is 2. The SMILES string of the molecule is CCC1=Cc2c(cnn2-c2ccc(F)cc2)C(C(=O)NCc2ccc(S(=O)C(C)C)cc2)=CC1. The van der Waals surface area contributed by atoms with Crippen molar-refractivity contribution >= 4 is 28.4 Å². The topological polar surface area (TPSA) is 64.0 Å². The lowest BCUT2D eigenvalue weighted by Crippen LogP contribution is -2.24. The molecule has 4 rings (SSSR count). The van der Waals surface area contributed by atoms with E-state index in [2.05, 4.69) is 23.4 Å². The number of amides is 1. The lowest BCUT2D eigenvalue weighted by molar-refractivity contribution is -0.115. The maximum Gasteiger partial charge on any atom is 0.251 e. The quantitative estimate of drug-likeness (QED) is 0.494. The summed E-state index contributed by atoms with van der Waals surface area (Å²) in [6.45, 7) is 6.30. The van der Waals surface area contributed by atoms with Crippen molar-refractivity contribution in [3.8, 4) is 5.69 Å². The van der Waals surface area contributed by atoms with Crippen molar-refractivity contribution in [2.24, 2.45) is 0 Å². The Labute approximate surface area is 201 Å². The third-order valence-corrected chi connectivity index (χ3v) is 7.41.